The molecule has 0 N–H and O–H groups in total. The maximum atomic E-state index is 11.3. The van der Waals surface area contributed by atoms with E-state index in [2.05, 4.69) is 13.8 Å². The van der Waals surface area contributed by atoms with E-state index in [-0.39, 0.29) is 5.97 Å². The van der Waals surface area contributed by atoms with Crippen molar-refractivity contribution in [1.82, 2.24) is 0 Å². The van der Waals surface area contributed by atoms with Crippen LogP contribution in [0.15, 0.2) is 0 Å². The summed E-state index contributed by atoms with van der Waals surface area (Å²) < 4.78 is 5.02. The molecule has 0 unspecified atom stereocenters. The smallest absolute Gasteiger partial charge is 0.305 e. The minimum atomic E-state index is -0.0513. The van der Waals surface area contributed by atoms with E-state index < -0.39 is 0 Å². The van der Waals surface area contributed by atoms with Gasteiger partial charge in [-0.3, -0.25) is 4.79 Å². The van der Waals surface area contributed by atoms with E-state index in [1.54, 1.807) is 0 Å². The second kappa shape index (κ2) is 21.5. The summed E-state index contributed by atoms with van der Waals surface area (Å²) in [6, 6.07) is 0. The van der Waals surface area contributed by atoms with Crippen LogP contribution in [0.5, 0.6) is 0 Å². The fourth-order valence-corrected chi connectivity index (χ4v) is 3.25. The topological polar surface area (TPSA) is 26.3 Å². The van der Waals surface area contributed by atoms with E-state index in [9.17, 15) is 4.79 Å². The first kappa shape index (κ1) is 24.5. The Bertz CT molecular complexity index is 263. The fourth-order valence-electron chi connectivity index (χ4n) is 3.25. The van der Waals surface area contributed by atoms with Crippen LogP contribution in [0.1, 0.15) is 129 Å². The van der Waals surface area contributed by atoms with Crippen LogP contribution in [0.3, 0.4) is 0 Å². The highest BCUT2D eigenvalue weighted by atomic mass is 16.5. The third-order valence-electron chi connectivity index (χ3n) is 4.89. The van der Waals surface area contributed by atoms with Crippen molar-refractivity contribution in [3.63, 3.8) is 0 Å². The maximum absolute atomic E-state index is 11.3. The zero-order chi connectivity index (χ0) is 18.4. The number of ether oxygens (including phenoxy) is 1. The summed E-state index contributed by atoms with van der Waals surface area (Å²) in [5.41, 5.74) is 0. The van der Waals surface area contributed by atoms with E-state index >= 15 is 0 Å². The normalized spacial score (nSPS) is 11.0. The quantitative estimate of drug-likeness (QED) is 0.165. The van der Waals surface area contributed by atoms with Crippen molar-refractivity contribution in [1.29, 1.82) is 0 Å². The van der Waals surface area contributed by atoms with Crippen LogP contribution in [0.25, 0.3) is 0 Å². The number of hydrogen-bond acceptors (Lipinski definition) is 2. The SMILES string of the molecule is [CH2]CCOC(=O)CCCCCCCCCCCCCCCCCCC. The Balaban J connectivity index is 3.04. The van der Waals surface area contributed by atoms with Gasteiger partial charge in [-0.1, -0.05) is 110 Å². The molecule has 0 rings (SSSR count). The number of unbranched alkanes of at least 4 members (excludes halogenated alkanes) is 16. The lowest BCUT2D eigenvalue weighted by Crippen LogP contribution is -2.04. The first-order chi connectivity index (χ1) is 12.3. The van der Waals surface area contributed by atoms with Crippen molar-refractivity contribution in [2.45, 2.75) is 129 Å². The molecule has 0 heterocycles. The number of carbonyl (C=O) groups excluding carboxylic acids is 1. The number of carbonyl (C=O) groups is 1. The van der Waals surface area contributed by atoms with Gasteiger partial charge in [-0.25, -0.2) is 0 Å². The van der Waals surface area contributed by atoms with E-state index in [0.717, 1.165) is 12.8 Å². The van der Waals surface area contributed by atoms with Crippen LogP contribution in [0.2, 0.25) is 0 Å². The van der Waals surface area contributed by atoms with Crippen LogP contribution in [-0.2, 0) is 9.53 Å². The maximum Gasteiger partial charge on any atom is 0.305 e. The molecule has 2 heteroatoms. The van der Waals surface area contributed by atoms with Gasteiger partial charge in [0.1, 0.15) is 0 Å². The van der Waals surface area contributed by atoms with E-state index in [4.69, 9.17) is 4.74 Å². The van der Waals surface area contributed by atoms with Gasteiger partial charge in [0.25, 0.3) is 0 Å². The van der Waals surface area contributed by atoms with Gasteiger partial charge in [-0.15, -0.1) is 0 Å². The highest BCUT2D eigenvalue weighted by molar-refractivity contribution is 5.69. The highest BCUT2D eigenvalue weighted by Crippen LogP contribution is 2.14. The molecular formula is C23H45O2. The predicted molar refractivity (Wildman–Crippen MR) is 110 cm³/mol. The largest absolute Gasteiger partial charge is 0.466 e. The van der Waals surface area contributed by atoms with Crippen LogP contribution in [0.4, 0.5) is 0 Å². The highest BCUT2D eigenvalue weighted by Gasteiger charge is 2.01. The lowest BCUT2D eigenvalue weighted by molar-refractivity contribution is -0.143. The second-order valence-electron chi connectivity index (χ2n) is 7.48. The Labute approximate surface area is 158 Å². The van der Waals surface area contributed by atoms with Crippen LogP contribution < -0.4 is 0 Å². The molecule has 1 radical (unpaired) electrons. The van der Waals surface area contributed by atoms with Gasteiger partial charge in [0, 0.05) is 6.42 Å². The van der Waals surface area contributed by atoms with Crippen molar-refractivity contribution >= 4 is 5.97 Å². The van der Waals surface area contributed by atoms with Gasteiger partial charge in [-0.2, -0.15) is 0 Å². The third-order valence-corrected chi connectivity index (χ3v) is 4.89. The Morgan fingerprint density at radius 1 is 0.640 bits per heavy atom. The van der Waals surface area contributed by atoms with E-state index in [1.807, 2.05) is 0 Å². The van der Waals surface area contributed by atoms with Gasteiger partial charge < -0.3 is 4.74 Å². The molecule has 0 aromatic rings. The summed E-state index contributed by atoms with van der Waals surface area (Å²) in [7, 11) is 0. The molecule has 0 amide bonds. The molecule has 0 aliphatic rings. The van der Waals surface area contributed by atoms with Gasteiger partial charge >= 0.3 is 5.97 Å². The third kappa shape index (κ3) is 21.4. The lowest BCUT2D eigenvalue weighted by Gasteiger charge is -2.04. The molecule has 0 aliphatic carbocycles. The first-order valence-corrected chi connectivity index (χ1v) is 11.3. The summed E-state index contributed by atoms with van der Waals surface area (Å²) in [4.78, 5) is 11.3. The molecule has 0 aromatic heterocycles. The van der Waals surface area contributed by atoms with Crippen molar-refractivity contribution < 1.29 is 9.53 Å². The number of esters is 1. The van der Waals surface area contributed by atoms with Gasteiger partial charge in [0.05, 0.1) is 6.61 Å². The molecule has 0 saturated carbocycles. The Hall–Kier alpha value is -0.530. The number of rotatable bonds is 20. The lowest BCUT2D eigenvalue weighted by atomic mass is 10.0. The average molecular weight is 354 g/mol. The predicted octanol–water partition coefficient (Wildman–Crippen LogP) is 7.80. The summed E-state index contributed by atoms with van der Waals surface area (Å²) in [6.45, 7) is 6.42. The van der Waals surface area contributed by atoms with Crippen molar-refractivity contribution in [2.75, 3.05) is 6.61 Å². The molecule has 0 bridgehead atoms. The van der Waals surface area contributed by atoms with Crippen molar-refractivity contribution in [3.8, 4) is 0 Å². The molecule has 0 saturated heterocycles. The van der Waals surface area contributed by atoms with Gasteiger partial charge in [0.15, 0.2) is 0 Å². The molecule has 0 spiro atoms. The monoisotopic (exact) mass is 353 g/mol. The zero-order valence-electron chi connectivity index (χ0n) is 17.2. The van der Waals surface area contributed by atoms with E-state index in [0.29, 0.717) is 19.4 Å². The van der Waals surface area contributed by atoms with Crippen LogP contribution in [0, 0.1) is 6.92 Å². The number of hydrogen-bond donors (Lipinski definition) is 0. The Kier molecular flexibility index (Phi) is 21.1. The zero-order valence-corrected chi connectivity index (χ0v) is 17.2. The summed E-state index contributed by atoms with van der Waals surface area (Å²) in [5.74, 6) is -0.0513. The van der Waals surface area contributed by atoms with E-state index in [1.165, 1.54) is 96.3 Å². The van der Waals surface area contributed by atoms with Crippen molar-refractivity contribution in [2.24, 2.45) is 0 Å². The molecule has 149 valence electrons. The first-order valence-electron chi connectivity index (χ1n) is 11.3. The fraction of sp³-hybridized carbons (Fsp3) is 0.913. The summed E-state index contributed by atoms with van der Waals surface area (Å²) >= 11 is 0. The second-order valence-corrected chi connectivity index (χ2v) is 7.48. The summed E-state index contributed by atoms with van der Waals surface area (Å²) in [5, 5.41) is 0. The molecule has 0 aliphatic heterocycles. The molecule has 0 aromatic carbocycles. The standard InChI is InChI=1S/C23H45O2/c1-3-5-6-7-8-9-10-11-12-13-14-15-16-17-18-19-20-21-23(24)25-22-4-2/h2-22H2,1H3. The Morgan fingerprint density at radius 3 is 1.36 bits per heavy atom. The molecule has 2 nitrogen and oxygen atoms in total. The Morgan fingerprint density at radius 2 is 1.00 bits per heavy atom. The van der Waals surface area contributed by atoms with Crippen molar-refractivity contribution in [3.05, 3.63) is 6.92 Å². The molecular weight excluding hydrogens is 308 g/mol. The van der Waals surface area contributed by atoms with Crippen LogP contribution in [-0.4, -0.2) is 12.6 Å². The average Bonchev–Trinajstić information content (AvgIpc) is 2.62. The minimum Gasteiger partial charge on any atom is -0.466 e. The molecule has 0 fully saturated rings. The van der Waals surface area contributed by atoms with Crippen LogP contribution >= 0.6 is 0 Å². The molecule has 0 atom stereocenters. The van der Waals surface area contributed by atoms with Gasteiger partial charge in [-0.05, 0) is 19.8 Å². The summed E-state index contributed by atoms with van der Waals surface area (Å²) in [6.07, 6.45) is 24.5. The molecule has 25 heavy (non-hydrogen) atoms. The minimum absolute atomic E-state index is 0.0513. The van der Waals surface area contributed by atoms with Gasteiger partial charge in [0.2, 0.25) is 0 Å².